The molecule has 3 rings (SSSR count). The van der Waals surface area contributed by atoms with E-state index in [2.05, 4.69) is 10.4 Å². The van der Waals surface area contributed by atoms with Gasteiger partial charge < -0.3 is 10.1 Å². The molecule has 1 N–H and O–H groups in total. The lowest BCUT2D eigenvalue weighted by atomic mass is 10.2. The number of nitrogens with zero attached hydrogens (tertiary/aromatic N) is 2. The van der Waals surface area contributed by atoms with Gasteiger partial charge in [-0.25, -0.2) is 13.1 Å². The van der Waals surface area contributed by atoms with E-state index in [4.69, 9.17) is 4.74 Å². The predicted molar refractivity (Wildman–Crippen MR) is 106 cm³/mol. The maximum atomic E-state index is 13.0. The Morgan fingerprint density at radius 3 is 2.48 bits per heavy atom. The van der Waals surface area contributed by atoms with Crippen molar-refractivity contribution in [3.05, 3.63) is 72.1 Å². The lowest BCUT2D eigenvalue weighted by molar-refractivity contribution is -0.137. The molecule has 0 saturated carbocycles. The van der Waals surface area contributed by atoms with Gasteiger partial charge in [0.05, 0.1) is 35.2 Å². The van der Waals surface area contributed by atoms with E-state index in [1.807, 2.05) is 0 Å². The van der Waals surface area contributed by atoms with Crippen molar-refractivity contribution in [2.24, 2.45) is 0 Å². The molecule has 0 saturated heterocycles. The number of hydrogen-bond donors (Lipinski definition) is 1. The quantitative estimate of drug-likeness (QED) is 0.594. The number of carbonyl (C=O) groups is 1. The zero-order valence-corrected chi connectivity index (χ0v) is 17.1. The topological polar surface area (TPSA) is 90.3 Å². The van der Waals surface area contributed by atoms with Gasteiger partial charge in [-0.15, -0.1) is 0 Å². The maximum Gasteiger partial charge on any atom is 0.416 e. The summed E-state index contributed by atoms with van der Waals surface area (Å²) in [6.07, 6.45) is -3.26. The number of ether oxygens (including phenoxy) is 1. The van der Waals surface area contributed by atoms with Crippen molar-refractivity contribution in [2.75, 3.05) is 19.4 Å². The Hall–Kier alpha value is -3.34. The van der Waals surface area contributed by atoms with E-state index in [0.29, 0.717) is 0 Å². The van der Waals surface area contributed by atoms with Gasteiger partial charge in [0.25, 0.3) is 5.91 Å². The van der Waals surface area contributed by atoms with E-state index in [0.717, 1.165) is 16.8 Å². The molecule has 3 aromatic rings. The number of rotatable bonds is 7. The first kappa shape index (κ1) is 22.3. The molecule has 7 nitrogen and oxygen atoms in total. The molecule has 1 aromatic heterocycles. The molecule has 0 bridgehead atoms. The minimum atomic E-state index is -4.53. The number of halogens is 3. The summed E-state index contributed by atoms with van der Waals surface area (Å²) < 4.78 is 69.6. The van der Waals surface area contributed by atoms with Crippen LogP contribution in [-0.4, -0.2) is 43.5 Å². The van der Waals surface area contributed by atoms with Gasteiger partial charge in [-0.1, -0.05) is 24.3 Å². The second-order valence-corrected chi connectivity index (χ2v) is 8.54. The number of aromatic nitrogens is 2. The zero-order chi connectivity index (χ0) is 22.6. The fourth-order valence-electron chi connectivity index (χ4n) is 2.75. The number of nitrogens with one attached hydrogen (secondary N) is 1. The third-order valence-electron chi connectivity index (χ3n) is 4.31. The monoisotopic (exact) mass is 453 g/mol. The van der Waals surface area contributed by atoms with Gasteiger partial charge in [0.15, 0.2) is 21.3 Å². The highest BCUT2D eigenvalue weighted by molar-refractivity contribution is 7.91. The highest BCUT2D eigenvalue weighted by Crippen LogP contribution is 2.30. The van der Waals surface area contributed by atoms with Crippen LogP contribution in [0.4, 0.5) is 13.2 Å². The number of methoxy groups -OCH3 is 1. The summed E-state index contributed by atoms with van der Waals surface area (Å²) in [6, 6.07) is 12.2. The largest absolute Gasteiger partial charge is 0.493 e. The Balaban J connectivity index is 1.75. The first-order valence-corrected chi connectivity index (χ1v) is 10.6. The molecule has 1 heterocycles. The number of carbonyl (C=O) groups excluding carboxylic acids is 1. The van der Waals surface area contributed by atoms with Crippen molar-refractivity contribution in [2.45, 2.75) is 11.1 Å². The molecule has 0 unspecified atom stereocenters. The van der Waals surface area contributed by atoms with Crippen LogP contribution < -0.4 is 10.1 Å². The van der Waals surface area contributed by atoms with Crippen LogP contribution in [0.1, 0.15) is 16.1 Å². The third-order valence-corrected chi connectivity index (χ3v) is 6.04. The molecular formula is C20H18F3N3O4S. The van der Waals surface area contributed by atoms with Crippen molar-refractivity contribution >= 4 is 15.7 Å². The van der Waals surface area contributed by atoms with Gasteiger partial charge in [-0.2, -0.15) is 18.3 Å². The van der Waals surface area contributed by atoms with Gasteiger partial charge in [0.2, 0.25) is 0 Å². The molecule has 11 heteroatoms. The lowest BCUT2D eigenvalue weighted by Crippen LogP contribution is -2.29. The Kier molecular flexibility index (Phi) is 6.34. The highest BCUT2D eigenvalue weighted by atomic mass is 32.2. The molecule has 1 amide bonds. The molecular weight excluding hydrogens is 435 g/mol. The van der Waals surface area contributed by atoms with Crippen molar-refractivity contribution in [3.63, 3.8) is 0 Å². The molecule has 2 aromatic carbocycles. The maximum absolute atomic E-state index is 13.0. The van der Waals surface area contributed by atoms with Crippen molar-refractivity contribution in [1.82, 2.24) is 15.1 Å². The van der Waals surface area contributed by atoms with E-state index in [-0.39, 0.29) is 34.3 Å². The Labute approximate surface area is 176 Å². The minimum absolute atomic E-state index is 0.0285. The summed E-state index contributed by atoms with van der Waals surface area (Å²) in [6.45, 7) is -0.185. The average Bonchev–Trinajstić information content (AvgIpc) is 3.18. The van der Waals surface area contributed by atoms with Crippen molar-refractivity contribution in [3.8, 4) is 11.4 Å². The van der Waals surface area contributed by atoms with Gasteiger partial charge in [0.1, 0.15) is 0 Å². The van der Waals surface area contributed by atoms with Crippen molar-refractivity contribution < 1.29 is 31.1 Å². The van der Waals surface area contributed by atoms with Crippen LogP contribution in [0.3, 0.4) is 0 Å². The van der Waals surface area contributed by atoms with E-state index < -0.39 is 27.5 Å². The Morgan fingerprint density at radius 1 is 1.13 bits per heavy atom. The van der Waals surface area contributed by atoms with Gasteiger partial charge >= 0.3 is 6.18 Å². The molecule has 0 radical (unpaired) electrons. The second-order valence-electron chi connectivity index (χ2n) is 6.43. The van der Waals surface area contributed by atoms with E-state index in [1.54, 1.807) is 18.2 Å². The summed E-state index contributed by atoms with van der Waals surface area (Å²) in [5.41, 5.74) is -0.965. The minimum Gasteiger partial charge on any atom is -0.493 e. The average molecular weight is 453 g/mol. The summed E-state index contributed by atoms with van der Waals surface area (Å²) in [5, 5.41) is 6.46. The zero-order valence-electron chi connectivity index (χ0n) is 16.3. The molecule has 0 aliphatic heterocycles. The summed E-state index contributed by atoms with van der Waals surface area (Å²) in [4.78, 5) is 12.6. The second kappa shape index (κ2) is 8.80. The predicted octanol–water partition coefficient (Wildman–Crippen LogP) is 3.10. The Bertz CT molecular complexity index is 1180. The van der Waals surface area contributed by atoms with Crippen molar-refractivity contribution in [1.29, 1.82) is 0 Å². The van der Waals surface area contributed by atoms with Crippen LogP contribution in [-0.2, 0) is 16.0 Å². The molecule has 0 aliphatic rings. The summed E-state index contributed by atoms with van der Waals surface area (Å²) in [7, 11) is -2.31. The van der Waals surface area contributed by atoms with E-state index in [1.165, 1.54) is 37.6 Å². The molecule has 31 heavy (non-hydrogen) atoms. The number of alkyl halides is 3. The van der Waals surface area contributed by atoms with Crippen LogP contribution in [0.25, 0.3) is 5.69 Å². The normalized spacial score (nSPS) is 11.9. The van der Waals surface area contributed by atoms with Crippen LogP contribution in [0, 0.1) is 0 Å². The number of benzene rings is 2. The first-order chi connectivity index (χ1) is 14.6. The Morgan fingerprint density at radius 2 is 1.84 bits per heavy atom. The number of amides is 1. The van der Waals surface area contributed by atoms with Crippen LogP contribution in [0.5, 0.6) is 5.75 Å². The summed E-state index contributed by atoms with van der Waals surface area (Å²) >= 11 is 0. The molecule has 0 aliphatic carbocycles. The van der Waals surface area contributed by atoms with E-state index >= 15 is 0 Å². The van der Waals surface area contributed by atoms with Crippen LogP contribution in [0.15, 0.2) is 65.7 Å². The fourth-order valence-corrected chi connectivity index (χ4v) is 3.93. The van der Waals surface area contributed by atoms with Crippen LogP contribution >= 0.6 is 0 Å². The molecule has 0 spiro atoms. The fraction of sp³-hybridized carbons (Fsp3) is 0.200. The smallest absolute Gasteiger partial charge is 0.416 e. The van der Waals surface area contributed by atoms with Gasteiger partial charge in [-0.3, -0.25) is 4.79 Å². The lowest BCUT2D eigenvalue weighted by Gasteiger charge is -2.08. The number of hydrogen-bond acceptors (Lipinski definition) is 5. The number of sulfone groups is 1. The van der Waals surface area contributed by atoms with Gasteiger partial charge in [-0.05, 0) is 30.3 Å². The summed E-state index contributed by atoms with van der Waals surface area (Å²) in [5.74, 6) is -1.02. The van der Waals surface area contributed by atoms with Crippen LogP contribution in [0.2, 0.25) is 0 Å². The van der Waals surface area contributed by atoms with E-state index in [9.17, 15) is 26.4 Å². The molecule has 164 valence electrons. The SMILES string of the molecule is COc1cn(-c2cccc(C(F)(F)F)c2)nc1C(=O)NCCS(=O)(=O)c1ccccc1. The molecule has 0 fully saturated rings. The highest BCUT2D eigenvalue weighted by Gasteiger charge is 2.30. The third kappa shape index (κ3) is 5.23. The standard InChI is InChI=1S/C20H18F3N3O4S/c1-30-17-13-26(15-7-5-6-14(12-15)20(21,22)23)25-18(17)19(27)24-10-11-31(28,29)16-8-3-2-4-9-16/h2-9,12-13H,10-11H2,1H3,(H,24,27). The van der Waals surface area contributed by atoms with Gasteiger partial charge in [0, 0.05) is 6.54 Å². The molecule has 0 atom stereocenters. The first-order valence-electron chi connectivity index (χ1n) is 8.99.